The van der Waals surface area contributed by atoms with Crippen molar-refractivity contribution >= 4 is 0 Å². The van der Waals surface area contributed by atoms with Crippen molar-refractivity contribution in [2.75, 3.05) is 26.4 Å². The average Bonchev–Trinajstić information content (AvgIpc) is 3.10. The molecule has 0 aliphatic carbocycles. The summed E-state index contributed by atoms with van der Waals surface area (Å²) in [5.41, 5.74) is 2.06. The third-order valence-electron chi connectivity index (χ3n) is 9.24. The molecular formula is C44H74O4. The van der Waals surface area contributed by atoms with Gasteiger partial charge in [0.1, 0.15) is 23.0 Å². The summed E-state index contributed by atoms with van der Waals surface area (Å²) < 4.78 is 25.6. The van der Waals surface area contributed by atoms with Crippen LogP contribution in [0.5, 0.6) is 23.0 Å². The van der Waals surface area contributed by atoms with Crippen molar-refractivity contribution < 1.29 is 18.9 Å². The first kappa shape index (κ1) is 41.8. The maximum absolute atomic E-state index is 6.50. The molecule has 0 heterocycles. The summed E-state index contributed by atoms with van der Waals surface area (Å²) in [6, 6.07) is 12.7. The molecule has 0 N–H and O–H groups in total. The van der Waals surface area contributed by atoms with Crippen molar-refractivity contribution in [3.63, 3.8) is 0 Å². The van der Waals surface area contributed by atoms with Crippen molar-refractivity contribution in [1.29, 1.82) is 0 Å². The summed E-state index contributed by atoms with van der Waals surface area (Å²) in [4.78, 5) is 0. The van der Waals surface area contributed by atoms with Gasteiger partial charge in [-0.05, 0) is 62.1 Å². The molecule has 0 saturated heterocycles. The molecule has 0 aromatic heterocycles. The van der Waals surface area contributed by atoms with Gasteiger partial charge in [-0.15, -0.1) is 0 Å². The Balaban J connectivity index is 2.21. The molecule has 274 valence electrons. The Morgan fingerprint density at radius 3 is 0.896 bits per heavy atom. The average molecular weight is 667 g/mol. The Hall–Kier alpha value is -2.36. The van der Waals surface area contributed by atoms with Crippen molar-refractivity contribution in [3.8, 4) is 34.1 Å². The Labute approximate surface area is 297 Å². The zero-order valence-electron chi connectivity index (χ0n) is 31.9. The van der Waals surface area contributed by atoms with Crippen LogP contribution in [0.3, 0.4) is 0 Å². The molecular weight excluding hydrogens is 592 g/mol. The highest BCUT2D eigenvalue weighted by molar-refractivity contribution is 5.78. The highest BCUT2D eigenvalue weighted by Gasteiger charge is 2.16. The molecule has 48 heavy (non-hydrogen) atoms. The second-order valence-electron chi connectivity index (χ2n) is 13.8. The van der Waals surface area contributed by atoms with E-state index in [-0.39, 0.29) is 0 Å². The van der Waals surface area contributed by atoms with Crippen LogP contribution < -0.4 is 18.9 Å². The highest BCUT2D eigenvalue weighted by atomic mass is 16.5. The van der Waals surface area contributed by atoms with Gasteiger partial charge in [0.05, 0.1) is 26.4 Å². The van der Waals surface area contributed by atoms with Crippen LogP contribution in [0.15, 0.2) is 36.4 Å². The summed E-state index contributed by atoms with van der Waals surface area (Å²) in [6.45, 7) is 12.0. The number of hydrogen-bond donors (Lipinski definition) is 0. The molecule has 4 nitrogen and oxygen atoms in total. The Morgan fingerprint density at radius 2 is 0.583 bits per heavy atom. The van der Waals surface area contributed by atoms with Crippen LogP contribution >= 0.6 is 0 Å². The minimum atomic E-state index is 0.721. The zero-order chi connectivity index (χ0) is 34.3. The van der Waals surface area contributed by atoms with E-state index in [0.29, 0.717) is 0 Å². The van der Waals surface area contributed by atoms with E-state index in [1.807, 2.05) is 0 Å². The minimum absolute atomic E-state index is 0.721. The van der Waals surface area contributed by atoms with E-state index < -0.39 is 0 Å². The summed E-state index contributed by atoms with van der Waals surface area (Å²) in [7, 11) is 0. The van der Waals surface area contributed by atoms with Crippen LogP contribution in [0.4, 0.5) is 0 Å². The number of hydrogen-bond acceptors (Lipinski definition) is 4. The van der Waals surface area contributed by atoms with Gasteiger partial charge < -0.3 is 18.9 Å². The molecule has 2 rings (SSSR count). The number of ether oxygens (including phenoxy) is 4. The Kier molecular flexibility index (Phi) is 25.7. The Bertz CT molecular complexity index is 937. The van der Waals surface area contributed by atoms with Gasteiger partial charge in [-0.3, -0.25) is 0 Å². The maximum atomic E-state index is 6.50. The summed E-state index contributed by atoms with van der Waals surface area (Å²) in [6.07, 6.45) is 30.0. The van der Waals surface area contributed by atoms with E-state index in [1.54, 1.807) is 0 Å². The first-order valence-corrected chi connectivity index (χ1v) is 20.5. The fourth-order valence-electron chi connectivity index (χ4n) is 6.14. The SMILES string of the molecule is CCCCCCCCOc1ccc(OCCCCCCCC)c(-c2cc(OCCCCCCCC)ccc2OCCCCCCCC)c1. The molecule has 4 heteroatoms. The van der Waals surface area contributed by atoms with E-state index in [1.165, 1.54) is 128 Å². The van der Waals surface area contributed by atoms with Gasteiger partial charge in [-0.25, -0.2) is 0 Å². The fourth-order valence-corrected chi connectivity index (χ4v) is 6.14. The lowest BCUT2D eigenvalue weighted by Crippen LogP contribution is -2.04. The van der Waals surface area contributed by atoms with Crippen LogP contribution in [0, 0.1) is 0 Å². The normalized spacial score (nSPS) is 11.2. The van der Waals surface area contributed by atoms with Gasteiger partial charge >= 0.3 is 0 Å². The summed E-state index contributed by atoms with van der Waals surface area (Å²) in [5, 5.41) is 0. The van der Waals surface area contributed by atoms with Crippen LogP contribution in [-0.2, 0) is 0 Å². The first-order chi connectivity index (χ1) is 23.7. The van der Waals surface area contributed by atoms with Gasteiger partial charge in [0.15, 0.2) is 0 Å². The van der Waals surface area contributed by atoms with Crippen molar-refractivity contribution in [1.82, 2.24) is 0 Å². The molecule has 0 bridgehead atoms. The molecule has 0 aliphatic rings. The predicted octanol–water partition coefficient (Wildman–Crippen LogP) is 14.3. The smallest absolute Gasteiger partial charge is 0.127 e. The third kappa shape index (κ3) is 19.6. The van der Waals surface area contributed by atoms with E-state index >= 15 is 0 Å². The van der Waals surface area contributed by atoms with Crippen LogP contribution in [0.2, 0.25) is 0 Å². The highest BCUT2D eigenvalue weighted by Crippen LogP contribution is 2.41. The van der Waals surface area contributed by atoms with Gasteiger partial charge in [-0.1, -0.05) is 156 Å². The van der Waals surface area contributed by atoms with Gasteiger partial charge in [0, 0.05) is 11.1 Å². The van der Waals surface area contributed by atoms with Gasteiger partial charge in [-0.2, -0.15) is 0 Å². The molecule has 0 spiro atoms. The Morgan fingerprint density at radius 1 is 0.312 bits per heavy atom. The summed E-state index contributed by atoms with van der Waals surface area (Å²) in [5.74, 6) is 3.58. The number of benzene rings is 2. The third-order valence-corrected chi connectivity index (χ3v) is 9.24. The van der Waals surface area contributed by atoms with Gasteiger partial charge in [0.2, 0.25) is 0 Å². The molecule has 2 aromatic carbocycles. The lowest BCUT2D eigenvalue weighted by molar-refractivity contribution is 0.293. The second kappa shape index (κ2) is 29.5. The van der Waals surface area contributed by atoms with Crippen molar-refractivity contribution in [3.05, 3.63) is 36.4 Å². The molecule has 0 saturated carbocycles. The van der Waals surface area contributed by atoms with Crippen molar-refractivity contribution in [2.45, 2.75) is 182 Å². The molecule has 0 fully saturated rings. The lowest BCUT2D eigenvalue weighted by Gasteiger charge is -2.18. The largest absolute Gasteiger partial charge is 0.494 e. The van der Waals surface area contributed by atoms with Gasteiger partial charge in [0.25, 0.3) is 0 Å². The lowest BCUT2D eigenvalue weighted by atomic mass is 10.0. The van der Waals surface area contributed by atoms with E-state index in [2.05, 4.69) is 64.1 Å². The second-order valence-corrected chi connectivity index (χ2v) is 13.8. The predicted molar refractivity (Wildman–Crippen MR) is 207 cm³/mol. The zero-order valence-corrected chi connectivity index (χ0v) is 31.9. The number of unbranched alkanes of at least 4 members (excludes halogenated alkanes) is 20. The van der Waals surface area contributed by atoms with Crippen LogP contribution in [-0.4, -0.2) is 26.4 Å². The van der Waals surface area contributed by atoms with Crippen LogP contribution in [0.1, 0.15) is 182 Å². The summed E-state index contributed by atoms with van der Waals surface area (Å²) >= 11 is 0. The van der Waals surface area contributed by atoms with E-state index in [4.69, 9.17) is 18.9 Å². The monoisotopic (exact) mass is 667 g/mol. The molecule has 0 aliphatic heterocycles. The fraction of sp³-hybridized carbons (Fsp3) is 0.727. The minimum Gasteiger partial charge on any atom is -0.494 e. The molecule has 0 unspecified atom stereocenters. The maximum Gasteiger partial charge on any atom is 0.127 e. The topological polar surface area (TPSA) is 36.9 Å². The van der Waals surface area contributed by atoms with E-state index in [9.17, 15) is 0 Å². The van der Waals surface area contributed by atoms with Crippen molar-refractivity contribution in [2.24, 2.45) is 0 Å². The van der Waals surface area contributed by atoms with E-state index in [0.717, 1.165) is 86.2 Å². The molecule has 0 amide bonds. The molecule has 0 radical (unpaired) electrons. The standard InChI is InChI=1S/C44H74O4/c1-5-9-13-17-21-25-33-45-39-29-31-43(47-35-27-23-19-15-11-7-3)41(37-39)42-38-40(46-34-26-22-18-14-10-6-2)30-32-44(42)48-36-28-24-20-16-12-8-4/h29-32,37-38H,5-28,33-36H2,1-4H3. The molecule has 2 aromatic rings. The molecule has 0 atom stereocenters. The van der Waals surface area contributed by atoms with Crippen LogP contribution in [0.25, 0.3) is 11.1 Å². The number of rotatable bonds is 33. The first-order valence-electron chi connectivity index (χ1n) is 20.5. The quantitative estimate of drug-likeness (QED) is 0.0710.